The molecule has 88 valence electrons. The quantitative estimate of drug-likeness (QED) is 0.514. The molecule has 0 saturated carbocycles. The minimum absolute atomic E-state index is 0.291. The third-order valence-electron chi connectivity index (χ3n) is 2.22. The van der Waals surface area contributed by atoms with Crippen LogP contribution in [-0.2, 0) is 0 Å². The summed E-state index contributed by atoms with van der Waals surface area (Å²) in [5.74, 6) is 0.419. The molecule has 0 radical (unpaired) electrons. The van der Waals surface area contributed by atoms with Crippen molar-refractivity contribution >= 4 is 20.7 Å². The van der Waals surface area contributed by atoms with Crippen molar-refractivity contribution in [2.24, 2.45) is 0 Å². The lowest BCUT2D eigenvalue weighted by Gasteiger charge is -2.12. The Kier molecular flexibility index (Phi) is 3.13. The van der Waals surface area contributed by atoms with Crippen molar-refractivity contribution in [3.05, 3.63) is 29.8 Å². The maximum absolute atomic E-state index is 8.95. The van der Waals surface area contributed by atoms with Crippen molar-refractivity contribution in [2.45, 2.75) is 12.1 Å². The van der Waals surface area contributed by atoms with Gasteiger partial charge in [0, 0.05) is 5.56 Å². The van der Waals surface area contributed by atoms with Crippen molar-refractivity contribution < 1.29 is 4.42 Å². The third-order valence-corrected chi connectivity index (χ3v) is 4.14. The number of nitrogens with zero attached hydrogens (tertiary/aromatic N) is 3. The molecular weight excluding hydrogens is 254 g/mol. The first-order valence-electron chi connectivity index (χ1n) is 4.85. The Hall–Kier alpha value is -1.45. The molecule has 1 heterocycles. The fraction of sp³-hybridized carbons (Fsp3) is 0.182. The lowest BCUT2D eigenvalue weighted by atomic mass is 10.1. The Morgan fingerprint density at radius 2 is 1.94 bits per heavy atom. The van der Waals surface area contributed by atoms with Gasteiger partial charge in [-0.25, -0.2) is 0 Å². The van der Waals surface area contributed by atoms with Gasteiger partial charge in [0.25, 0.3) is 5.22 Å². The third kappa shape index (κ3) is 2.46. The molecule has 0 saturated heterocycles. The first kappa shape index (κ1) is 12.0. The second kappa shape index (κ2) is 4.43. The first-order chi connectivity index (χ1) is 8.03. The van der Waals surface area contributed by atoms with Crippen LogP contribution in [0, 0.1) is 17.6 Å². The highest BCUT2D eigenvalue weighted by molar-refractivity contribution is 8.89. The number of thiocyanates is 1. The maximum atomic E-state index is 8.95. The molecule has 0 fully saturated rings. The number of rotatable bonds is 2. The topological polar surface area (TPSA) is 62.7 Å². The highest BCUT2D eigenvalue weighted by Crippen LogP contribution is 2.55. The molecule has 0 bridgehead atoms. The fourth-order valence-corrected chi connectivity index (χ4v) is 1.96. The summed E-state index contributed by atoms with van der Waals surface area (Å²) in [7, 11) is -1.93. The number of hydrogen-bond donors (Lipinski definition) is 1. The van der Waals surface area contributed by atoms with E-state index in [1.807, 2.05) is 31.2 Å². The molecule has 17 heavy (non-hydrogen) atoms. The Morgan fingerprint density at radius 1 is 1.29 bits per heavy atom. The summed E-state index contributed by atoms with van der Waals surface area (Å²) in [6, 6.07) is 7.75. The van der Waals surface area contributed by atoms with Crippen molar-refractivity contribution in [2.75, 3.05) is 6.26 Å². The Morgan fingerprint density at radius 3 is 2.53 bits per heavy atom. The average molecular weight is 265 g/mol. The van der Waals surface area contributed by atoms with Gasteiger partial charge in [0.2, 0.25) is 5.89 Å². The summed E-state index contributed by atoms with van der Waals surface area (Å²) in [6.07, 6.45) is 1.70. The second-order valence-electron chi connectivity index (χ2n) is 3.71. The average Bonchev–Trinajstić information content (AvgIpc) is 2.80. The second-order valence-corrected chi connectivity index (χ2v) is 8.18. The zero-order chi connectivity index (χ0) is 12.5. The molecule has 1 aromatic heterocycles. The van der Waals surface area contributed by atoms with Crippen LogP contribution < -0.4 is 0 Å². The van der Waals surface area contributed by atoms with E-state index in [0.29, 0.717) is 11.1 Å². The van der Waals surface area contributed by atoms with Gasteiger partial charge >= 0.3 is 0 Å². The smallest absolute Gasteiger partial charge is 0.280 e. The van der Waals surface area contributed by atoms with E-state index in [1.54, 1.807) is 6.26 Å². The predicted molar refractivity (Wildman–Crippen MR) is 70.9 cm³/mol. The molecule has 0 N–H and O–H groups in total. The summed E-state index contributed by atoms with van der Waals surface area (Å²) in [6.45, 7) is 2.01. The molecule has 0 aliphatic heterocycles. The molecule has 6 heteroatoms. The normalized spacial score (nSPS) is 15.9. The molecule has 0 spiro atoms. The number of nitriles is 1. The van der Waals surface area contributed by atoms with Gasteiger partial charge in [-0.05, 0) is 34.4 Å². The number of thiol groups is 1. The van der Waals surface area contributed by atoms with Gasteiger partial charge in [-0.1, -0.05) is 17.7 Å². The van der Waals surface area contributed by atoms with Crippen LogP contribution in [0.15, 0.2) is 33.9 Å². The van der Waals surface area contributed by atoms with Crippen LogP contribution in [0.4, 0.5) is 0 Å². The highest BCUT2D eigenvalue weighted by Gasteiger charge is 2.23. The monoisotopic (exact) mass is 265 g/mol. The molecule has 0 amide bonds. The van der Waals surface area contributed by atoms with Crippen molar-refractivity contribution in [1.29, 1.82) is 5.26 Å². The SMILES string of the molecule is Cc1ccc(-c2nnc(S(C)(S)C#N)o2)cc1. The molecule has 0 aliphatic carbocycles. The number of benzene rings is 1. The van der Waals surface area contributed by atoms with E-state index < -0.39 is 9.06 Å². The van der Waals surface area contributed by atoms with Gasteiger partial charge in [-0.15, -0.1) is 21.9 Å². The van der Waals surface area contributed by atoms with E-state index >= 15 is 0 Å². The van der Waals surface area contributed by atoms with Crippen LogP contribution >= 0.6 is 20.7 Å². The summed E-state index contributed by atoms with van der Waals surface area (Å²) < 4.78 is 5.48. The van der Waals surface area contributed by atoms with Crippen LogP contribution in [0.25, 0.3) is 11.5 Å². The molecule has 1 atom stereocenters. The minimum Gasteiger partial charge on any atom is -0.411 e. The molecule has 0 aliphatic rings. The summed E-state index contributed by atoms with van der Waals surface area (Å²) in [5.41, 5.74) is 2.01. The van der Waals surface area contributed by atoms with Gasteiger partial charge in [0.1, 0.15) is 5.40 Å². The Labute approximate surface area is 106 Å². The van der Waals surface area contributed by atoms with Crippen LogP contribution in [0.3, 0.4) is 0 Å². The van der Waals surface area contributed by atoms with Gasteiger partial charge < -0.3 is 4.42 Å². The predicted octanol–water partition coefficient (Wildman–Crippen LogP) is 3.16. The van der Waals surface area contributed by atoms with Crippen LogP contribution in [0.2, 0.25) is 0 Å². The molecule has 4 nitrogen and oxygen atoms in total. The minimum atomic E-state index is -1.93. The van der Waals surface area contributed by atoms with Crippen molar-refractivity contribution in [3.63, 3.8) is 0 Å². The first-order valence-corrected chi connectivity index (χ1v) is 7.94. The van der Waals surface area contributed by atoms with Crippen LogP contribution in [0.5, 0.6) is 0 Å². The summed E-state index contributed by atoms with van der Waals surface area (Å²) in [5, 5.41) is 19.1. The lowest BCUT2D eigenvalue weighted by Crippen LogP contribution is -1.85. The zero-order valence-corrected chi connectivity index (χ0v) is 11.1. The zero-order valence-electron chi connectivity index (χ0n) is 9.41. The Balaban J connectivity index is 2.37. The number of aryl methyl sites for hydroxylation is 1. The molecule has 1 unspecified atom stereocenters. The molecular formula is C11H11N3OS2. The summed E-state index contributed by atoms with van der Waals surface area (Å²) >= 11 is 4.24. The molecule has 2 rings (SSSR count). The van der Waals surface area contributed by atoms with Gasteiger partial charge in [-0.3, -0.25) is 0 Å². The van der Waals surface area contributed by atoms with E-state index in [2.05, 4.69) is 27.3 Å². The highest BCUT2D eigenvalue weighted by atomic mass is 33.1. The van der Waals surface area contributed by atoms with E-state index in [4.69, 9.17) is 9.68 Å². The van der Waals surface area contributed by atoms with E-state index in [9.17, 15) is 0 Å². The summed E-state index contributed by atoms with van der Waals surface area (Å²) in [4.78, 5) is 0. The fourth-order valence-electron chi connectivity index (χ4n) is 1.22. The molecule has 1 aromatic carbocycles. The van der Waals surface area contributed by atoms with Crippen molar-refractivity contribution in [3.8, 4) is 16.9 Å². The Bertz CT molecular complexity index is 569. The van der Waals surface area contributed by atoms with Gasteiger partial charge in [-0.2, -0.15) is 5.26 Å². The largest absolute Gasteiger partial charge is 0.411 e. The maximum Gasteiger partial charge on any atom is 0.280 e. The van der Waals surface area contributed by atoms with E-state index in [1.165, 1.54) is 0 Å². The van der Waals surface area contributed by atoms with E-state index in [0.717, 1.165) is 11.1 Å². The van der Waals surface area contributed by atoms with Crippen LogP contribution in [0.1, 0.15) is 5.56 Å². The van der Waals surface area contributed by atoms with Crippen molar-refractivity contribution in [1.82, 2.24) is 10.2 Å². The van der Waals surface area contributed by atoms with Crippen LogP contribution in [-0.4, -0.2) is 16.5 Å². The van der Waals surface area contributed by atoms with Gasteiger partial charge in [0.15, 0.2) is 0 Å². The number of aromatic nitrogens is 2. The van der Waals surface area contributed by atoms with Gasteiger partial charge in [0.05, 0.1) is 0 Å². The molecule has 2 aromatic rings. The van der Waals surface area contributed by atoms with E-state index in [-0.39, 0.29) is 0 Å². The standard InChI is InChI=1S/C11H11N3OS2/c1-8-3-5-9(6-4-8)10-13-14-11(15-10)17(2,16)7-12/h3-6,16H,1-2H3. The number of hydrogen-bond acceptors (Lipinski definition) is 5. The lowest BCUT2D eigenvalue weighted by molar-refractivity contribution is 0.464.